The summed E-state index contributed by atoms with van der Waals surface area (Å²) in [7, 11) is 0. The summed E-state index contributed by atoms with van der Waals surface area (Å²) in [4.78, 5) is 0. The summed E-state index contributed by atoms with van der Waals surface area (Å²) in [6.45, 7) is 14.6. The maximum Gasteiger partial charge on any atom is 0.0569 e. The lowest BCUT2D eigenvalue weighted by atomic mass is 9.49. The van der Waals surface area contributed by atoms with E-state index in [-0.39, 0.29) is 6.10 Å². The van der Waals surface area contributed by atoms with E-state index in [0.717, 1.165) is 24.2 Å². The first-order chi connectivity index (χ1) is 13.7. The lowest BCUT2D eigenvalue weighted by molar-refractivity contribution is -0.0336. The minimum Gasteiger partial charge on any atom is -0.393 e. The number of allylic oxidation sites excluding steroid dienone is 4. The van der Waals surface area contributed by atoms with Gasteiger partial charge in [-0.15, -0.1) is 0 Å². The Bertz CT molecular complexity index is 682. The Balaban J connectivity index is 1.57. The largest absolute Gasteiger partial charge is 0.393 e. The highest BCUT2D eigenvalue weighted by molar-refractivity contribution is 5.34. The van der Waals surface area contributed by atoms with Crippen molar-refractivity contribution in [3.05, 3.63) is 22.8 Å². The molecule has 4 aliphatic carbocycles. The quantitative estimate of drug-likeness (QED) is 0.481. The summed E-state index contributed by atoms with van der Waals surface area (Å²) in [5.41, 5.74) is 6.15. The van der Waals surface area contributed by atoms with E-state index in [1.165, 1.54) is 63.4 Å². The SMILES string of the molecule is CC(C)=CCC[C@@H](C)[C@H]1CC[C@H]2C3=C(CC[C@]12C)[C@@]1(C)CC[C@H](O)[C@H](C)[C@@H]1CC3. The fourth-order valence-electron chi connectivity index (χ4n) is 8.72. The Morgan fingerprint density at radius 2 is 1.86 bits per heavy atom. The summed E-state index contributed by atoms with van der Waals surface area (Å²) >= 11 is 0. The van der Waals surface area contributed by atoms with Crippen LogP contribution in [-0.2, 0) is 0 Å². The minimum atomic E-state index is -0.0680. The fourth-order valence-corrected chi connectivity index (χ4v) is 8.72. The summed E-state index contributed by atoms with van der Waals surface area (Å²) < 4.78 is 0. The van der Waals surface area contributed by atoms with Gasteiger partial charge in [-0.2, -0.15) is 0 Å². The van der Waals surface area contributed by atoms with Crippen LogP contribution in [0.1, 0.15) is 106 Å². The molecule has 0 unspecified atom stereocenters. The topological polar surface area (TPSA) is 20.2 Å². The number of hydrogen-bond acceptors (Lipinski definition) is 1. The summed E-state index contributed by atoms with van der Waals surface area (Å²) in [6.07, 6.45) is 15.5. The van der Waals surface area contributed by atoms with Gasteiger partial charge in [0.15, 0.2) is 0 Å². The molecule has 2 fully saturated rings. The van der Waals surface area contributed by atoms with Crippen LogP contribution < -0.4 is 0 Å². The third kappa shape index (κ3) is 3.48. The van der Waals surface area contributed by atoms with Crippen molar-refractivity contribution in [3.63, 3.8) is 0 Å². The standard InChI is InChI=1S/C28H46O/c1-18(2)8-7-9-19(3)22-12-13-24-21-10-11-23-20(4)26(29)15-17-28(23,6)25(21)14-16-27(22,24)5/h8,19-20,22-24,26,29H,7,9-17H2,1-6H3/t19-,20-,22-,23+,24+,26+,27-,28+/m1/s1. The van der Waals surface area contributed by atoms with Crippen LogP contribution in [0.25, 0.3) is 0 Å². The molecule has 0 aromatic rings. The molecule has 1 heteroatoms. The molecule has 4 rings (SSSR count). The molecule has 29 heavy (non-hydrogen) atoms. The molecule has 1 N–H and O–H groups in total. The maximum atomic E-state index is 10.5. The van der Waals surface area contributed by atoms with Crippen LogP contribution in [0.4, 0.5) is 0 Å². The van der Waals surface area contributed by atoms with Gasteiger partial charge in [-0.1, -0.05) is 50.5 Å². The second kappa shape index (κ2) is 7.85. The average molecular weight is 399 g/mol. The lowest BCUT2D eigenvalue weighted by Gasteiger charge is -2.56. The molecule has 0 bridgehead atoms. The first kappa shape index (κ1) is 21.7. The van der Waals surface area contributed by atoms with Crippen LogP contribution in [-0.4, -0.2) is 11.2 Å². The number of rotatable bonds is 4. The molecule has 0 aromatic heterocycles. The van der Waals surface area contributed by atoms with Gasteiger partial charge in [0, 0.05) is 0 Å². The van der Waals surface area contributed by atoms with Crippen LogP contribution in [0.5, 0.6) is 0 Å². The fraction of sp³-hybridized carbons (Fsp3) is 0.857. The summed E-state index contributed by atoms with van der Waals surface area (Å²) in [6, 6.07) is 0. The minimum absolute atomic E-state index is 0.0680. The highest BCUT2D eigenvalue weighted by atomic mass is 16.3. The van der Waals surface area contributed by atoms with Gasteiger partial charge in [0.2, 0.25) is 0 Å². The molecule has 0 saturated heterocycles. The van der Waals surface area contributed by atoms with Gasteiger partial charge in [0.1, 0.15) is 0 Å². The molecule has 0 spiro atoms. The monoisotopic (exact) mass is 398 g/mol. The Labute approximate surface area is 180 Å². The molecule has 0 amide bonds. The molecular weight excluding hydrogens is 352 g/mol. The molecule has 8 atom stereocenters. The molecule has 164 valence electrons. The van der Waals surface area contributed by atoms with E-state index < -0.39 is 0 Å². The zero-order chi connectivity index (χ0) is 21.0. The second-order valence-electron chi connectivity index (χ2n) is 12.1. The van der Waals surface area contributed by atoms with Gasteiger partial charge in [0.05, 0.1) is 6.10 Å². The van der Waals surface area contributed by atoms with Crippen molar-refractivity contribution in [2.75, 3.05) is 0 Å². The van der Waals surface area contributed by atoms with E-state index in [1.54, 1.807) is 0 Å². The highest BCUT2D eigenvalue weighted by Gasteiger charge is 2.56. The van der Waals surface area contributed by atoms with E-state index in [0.29, 0.717) is 22.7 Å². The molecule has 0 aliphatic heterocycles. The molecule has 4 aliphatic rings. The normalized spacial score (nSPS) is 45.3. The van der Waals surface area contributed by atoms with Gasteiger partial charge in [-0.05, 0) is 118 Å². The summed E-state index contributed by atoms with van der Waals surface area (Å²) in [5.74, 6) is 3.78. The smallest absolute Gasteiger partial charge is 0.0569 e. The highest BCUT2D eigenvalue weighted by Crippen LogP contribution is 2.66. The summed E-state index contributed by atoms with van der Waals surface area (Å²) in [5, 5.41) is 10.5. The lowest BCUT2D eigenvalue weighted by Crippen LogP contribution is -2.49. The van der Waals surface area contributed by atoms with Crippen LogP contribution in [0, 0.1) is 40.4 Å². The van der Waals surface area contributed by atoms with E-state index >= 15 is 0 Å². The zero-order valence-corrected chi connectivity index (χ0v) is 20.1. The molecule has 2 saturated carbocycles. The Morgan fingerprint density at radius 3 is 2.59 bits per heavy atom. The van der Waals surface area contributed by atoms with Gasteiger partial charge < -0.3 is 5.11 Å². The number of aliphatic hydroxyl groups is 1. The Hall–Kier alpha value is -0.560. The Morgan fingerprint density at radius 1 is 1.10 bits per heavy atom. The predicted molar refractivity (Wildman–Crippen MR) is 124 cm³/mol. The van der Waals surface area contributed by atoms with Crippen molar-refractivity contribution in [3.8, 4) is 0 Å². The van der Waals surface area contributed by atoms with E-state index in [9.17, 15) is 5.11 Å². The van der Waals surface area contributed by atoms with E-state index in [2.05, 4.69) is 47.6 Å². The molecule has 0 heterocycles. The predicted octanol–water partition coefficient (Wildman–Crippen LogP) is 7.70. The van der Waals surface area contributed by atoms with E-state index in [4.69, 9.17) is 0 Å². The van der Waals surface area contributed by atoms with Crippen molar-refractivity contribution in [2.24, 2.45) is 40.4 Å². The van der Waals surface area contributed by atoms with Crippen LogP contribution in [0.2, 0.25) is 0 Å². The average Bonchev–Trinajstić information content (AvgIpc) is 3.02. The zero-order valence-electron chi connectivity index (χ0n) is 20.1. The van der Waals surface area contributed by atoms with Crippen molar-refractivity contribution < 1.29 is 5.11 Å². The van der Waals surface area contributed by atoms with Gasteiger partial charge >= 0.3 is 0 Å². The first-order valence-corrected chi connectivity index (χ1v) is 12.7. The molecule has 0 radical (unpaired) electrons. The van der Waals surface area contributed by atoms with Gasteiger partial charge in [0.25, 0.3) is 0 Å². The second-order valence-corrected chi connectivity index (χ2v) is 12.1. The van der Waals surface area contributed by atoms with E-state index in [1.807, 2.05) is 11.1 Å². The maximum absolute atomic E-state index is 10.5. The first-order valence-electron chi connectivity index (χ1n) is 12.7. The third-order valence-corrected chi connectivity index (χ3v) is 10.4. The molecule has 0 aromatic carbocycles. The Kier molecular flexibility index (Phi) is 5.86. The van der Waals surface area contributed by atoms with Crippen molar-refractivity contribution in [1.82, 2.24) is 0 Å². The van der Waals surface area contributed by atoms with Gasteiger partial charge in [-0.25, -0.2) is 0 Å². The number of fused-ring (bicyclic) bond motifs is 4. The van der Waals surface area contributed by atoms with Gasteiger partial charge in [-0.3, -0.25) is 0 Å². The van der Waals surface area contributed by atoms with Crippen molar-refractivity contribution in [2.45, 2.75) is 112 Å². The number of aliphatic hydroxyl groups excluding tert-OH is 1. The van der Waals surface area contributed by atoms with Crippen LogP contribution in [0.15, 0.2) is 22.8 Å². The molecule has 1 nitrogen and oxygen atoms in total. The van der Waals surface area contributed by atoms with Crippen molar-refractivity contribution in [1.29, 1.82) is 0 Å². The van der Waals surface area contributed by atoms with Crippen molar-refractivity contribution >= 4 is 0 Å². The molecular formula is C28H46O. The van der Waals surface area contributed by atoms with Crippen LogP contribution in [0.3, 0.4) is 0 Å². The third-order valence-electron chi connectivity index (χ3n) is 10.4. The van der Waals surface area contributed by atoms with Crippen LogP contribution >= 0.6 is 0 Å². The number of hydrogen-bond donors (Lipinski definition) is 1.